The molecule has 0 aliphatic rings. The van der Waals surface area contributed by atoms with Gasteiger partial charge in [0.25, 0.3) is 0 Å². The highest BCUT2D eigenvalue weighted by Gasteiger charge is 2.20. The molecule has 0 bridgehead atoms. The van der Waals surface area contributed by atoms with Gasteiger partial charge in [0.05, 0.1) is 12.6 Å². The maximum Gasteiger partial charge on any atom is 0.225 e. The van der Waals surface area contributed by atoms with E-state index in [4.69, 9.17) is 9.84 Å². The van der Waals surface area contributed by atoms with Crippen molar-refractivity contribution in [3.05, 3.63) is 0 Å². The van der Waals surface area contributed by atoms with Gasteiger partial charge in [-0.05, 0) is 13.3 Å². The van der Waals surface area contributed by atoms with Gasteiger partial charge in [0.1, 0.15) is 0 Å². The number of carbonyl (C=O) groups is 1. The number of hydrogen-bond donors (Lipinski definition) is 1. The molecule has 0 saturated carbocycles. The second-order valence-electron chi connectivity index (χ2n) is 3.66. The topological polar surface area (TPSA) is 49.8 Å². The molecule has 0 aromatic carbocycles. The van der Waals surface area contributed by atoms with Crippen molar-refractivity contribution in [2.24, 2.45) is 5.92 Å². The highest BCUT2D eigenvalue weighted by molar-refractivity contribution is 5.78. The fraction of sp³-hybridized carbons (Fsp3) is 0.900. The minimum Gasteiger partial charge on any atom is -0.394 e. The van der Waals surface area contributed by atoms with Gasteiger partial charge in [-0.15, -0.1) is 0 Å². The minimum absolute atomic E-state index is 0.000756. The average molecular weight is 203 g/mol. The van der Waals surface area contributed by atoms with Crippen LogP contribution < -0.4 is 0 Å². The summed E-state index contributed by atoms with van der Waals surface area (Å²) in [5.74, 6) is 0.0116. The zero-order valence-corrected chi connectivity index (χ0v) is 9.49. The van der Waals surface area contributed by atoms with Crippen LogP contribution in [-0.4, -0.2) is 49.3 Å². The number of methoxy groups -OCH3 is 1. The van der Waals surface area contributed by atoms with Crippen LogP contribution in [0.2, 0.25) is 0 Å². The van der Waals surface area contributed by atoms with Gasteiger partial charge in [-0.25, -0.2) is 0 Å². The lowest BCUT2D eigenvalue weighted by atomic mass is 10.1. The number of likely N-dealkylation sites (N-methyl/N-ethyl adjacent to an activating group) is 1. The molecule has 0 fully saturated rings. The Bertz CT molecular complexity index is 173. The van der Waals surface area contributed by atoms with Gasteiger partial charge >= 0.3 is 0 Å². The lowest BCUT2D eigenvalue weighted by molar-refractivity contribution is -0.136. The predicted molar refractivity (Wildman–Crippen MR) is 55.0 cm³/mol. The SMILES string of the molecule is COCCC(C)C(=O)N(C)C(C)CO. The van der Waals surface area contributed by atoms with Gasteiger partial charge in [-0.1, -0.05) is 6.92 Å². The van der Waals surface area contributed by atoms with E-state index >= 15 is 0 Å². The van der Waals surface area contributed by atoms with Gasteiger partial charge in [-0.2, -0.15) is 0 Å². The van der Waals surface area contributed by atoms with Crippen LogP contribution in [0.5, 0.6) is 0 Å². The Morgan fingerprint density at radius 2 is 2.07 bits per heavy atom. The van der Waals surface area contributed by atoms with Crippen molar-refractivity contribution < 1.29 is 14.6 Å². The summed E-state index contributed by atoms with van der Waals surface area (Å²) >= 11 is 0. The van der Waals surface area contributed by atoms with E-state index in [-0.39, 0.29) is 24.5 Å². The van der Waals surface area contributed by atoms with E-state index in [1.807, 2.05) is 13.8 Å². The molecule has 14 heavy (non-hydrogen) atoms. The van der Waals surface area contributed by atoms with Crippen LogP contribution in [-0.2, 0) is 9.53 Å². The molecule has 0 heterocycles. The largest absolute Gasteiger partial charge is 0.394 e. The molecule has 0 aliphatic carbocycles. The molecule has 0 aromatic rings. The van der Waals surface area contributed by atoms with E-state index in [0.717, 1.165) is 6.42 Å². The molecule has 0 saturated heterocycles. The second-order valence-corrected chi connectivity index (χ2v) is 3.66. The summed E-state index contributed by atoms with van der Waals surface area (Å²) in [5, 5.41) is 8.89. The number of carbonyl (C=O) groups excluding carboxylic acids is 1. The predicted octanol–water partition coefficient (Wildman–Crippen LogP) is 0.498. The molecule has 0 spiro atoms. The van der Waals surface area contributed by atoms with Crippen LogP contribution in [0.25, 0.3) is 0 Å². The van der Waals surface area contributed by atoms with Crippen molar-refractivity contribution in [3.63, 3.8) is 0 Å². The zero-order valence-electron chi connectivity index (χ0n) is 9.49. The first kappa shape index (κ1) is 13.4. The smallest absolute Gasteiger partial charge is 0.225 e. The zero-order chi connectivity index (χ0) is 11.1. The van der Waals surface area contributed by atoms with Gasteiger partial charge in [0, 0.05) is 26.7 Å². The molecule has 2 atom stereocenters. The van der Waals surface area contributed by atoms with Gasteiger partial charge < -0.3 is 14.7 Å². The van der Waals surface area contributed by atoms with E-state index in [1.165, 1.54) is 0 Å². The third-order valence-corrected chi connectivity index (χ3v) is 2.45. The second kappa shape index (κ2) is 6.79. The minimum atomic E-state index is -0.118. The van der Waals surface area contributed by atoms with Gasteiger partial charge in [0.2, 0.25) is 5.91 Å². The molecule has 2 unspecified atom stereocenters. The Kier molecular flexibility index (Phi) is 6.49. The summed E-state index contributed by atoms with van der Waals surface area (Å²) in [7, 11) is 3.34. The highest BCUT2D eigenvalue weighted by atomic mass is 16.5. The number of aliphatic hydroxyl groups is 1. The van der Waals surface area contributed by atoms with Crippen molar-refractivity contribution in [1.29, 1.82) is 0 Å². The third-order valence-electron chi connectivity index (χ3n) is 2.45. The van der Waals surface area contributed by atoms with Crippen LogP contribution >= 0.6 is 0 Å². The maximum atomic E-state index is 11.7. The Hall–Kier alpha value is -0.610. The first-order chi connectivity index (χ1) is 6.54. The van der Waals surface area contributed by atoms with Crippen LogP contribution in [0.1, 0.15) is 20.3 Å². The van der Waals surface area contributed by atoms with E-state index in [0.29, 0.717) is 6.61 Å². The maximum absolute atomic E-state index is 11.7. The van der Waals surface area contributed by atoms with Crippen LogP contribution in [0.3, 0.4) is 0 Å². The van der Waals surface area contributed by atoms with E-state index in [9.17, 15) is 4.79 Å². The monoisotopic (exact) mass is 203 g/mol. The number of aliphatic hydroxyl groups excluding tert-OH is 1. The number of ether oxygens (including phenoxy) is 1. The summed E-state index contributed by atoms with van der Waals surface area (Å²) < 4.78 is 4.91. The first-order valence-electron chi connectivity index (χ1n) is 4.91. The summed E-state index contributed by atoms with van der Waals surface area (Å²) in [6.45, 7) is 4.29. The summed E-state index contributed by atoms with van der Waals surface area (Å²) in [6.07, 6.45) is 0.720. The average Bonchev–Trinajstić information content (AvgIpc) is 2.22. The third kappa shape index (κ3) is 4.07. The molecular formula is C10H21NO3. The lowest BCUT2D eigenvalue weighted by Crippen LogP contribution is -2.40. The number of rotatable bonds is 6. The van der Waals surface area contributed by atoms with Crippen LogP contribution in [0, 0.1) is 5.92 Å². The molecule has 4 heteroatoms. The van der Waals surface area contributed by atoms with E-state index in [1.54, 1.807) is 19.1 Å². The molecule has 0 radical (unpaired) electrons. The molecular weight excluding hydrogens is 182 g/mol. The molecule has 0 aliphatic heterocycles. The van der Waals surface area contributed by atoms with E-state index in [2.05, 4.69) is 0 Å². The molecule has 0 rings (SSSR count). The van der Waals surface area contributed by atoms with Crippen molar-refractivity contribution in [2.75, 3.05) is 27.4 Å². The van der Waals surface area contributed by atoms with Crippen molar-refractivity contribution in [3.8, 4) is 0 Å². The molecule has 0 aromatic heterocycles. The van der Waals surface area contributed by atoms with Crippen molar-refractivity contribution in [1.82, 2.24) is 4.90 Å². The normalized spacial score (nSPS) is 14.9. The summed E-state index contributed by atoms with van der Waals surface area (Å²) in [4.78, 5) is 13.3. The van der Waals surface area contributed by atoms with Crippen molar-refractivity contribution >= 4 is 5.91 Å². The number of amides is 1. The standard InChI is InChI=1S/C10H21NO3/c1-8(5-6-14-4)10(13)11(3)9(2)7-12/h8-9,12H,5-7H2,1-4H3. The Labute approximate surface area is 85.9 Å². The van der Waals surface area contributed by atoms with E-state index < -0.39 is 0 Å². The quantitative estimate of drug-likeness (QED) is 0.684. The van der Waals surface area contributed by atoms with Crippen molar-refractivity contribution in [2.45, 2.75) is 26.3 Å². The molecule has 1 N–H and O–H groups in total. The fourth-order valence-electron chi connectivity index (χ4n) is 1.11. The summed E-state index contributed by atoms with van der Waals surface area (Å²) in [5.41, 5.74) is 0. The Morgan fingerprint density at radius 1 is 1.50 bits per heavy atom. The molecule has 4 nitrogen and oxygen atoms in total. The number of hydrogen-bond acceptors (Lipinski definition) is 3. The fourth-order valence-corrected chi connectivity index (χ4v) is 1.11. The van der Waals surface area contributed by atoms with Gasteiger partial charge in [-0.3, -0.25) is 4.79 Å². The van der Waals surface area contributed by atoms with Gasteiger partial charge in [0.15, 0.2) is 0 Å². The number of nitrogens with zero attached hydrogens (tertiary/aromatic N) is 1. The molecule has 84 valence electrons. The first-order valence-corrected chi connectivity index (χ1v) is 4.91. The summed E-state index contributed by atoms with van der Waals surface area (Å²) in [6, 6.07) is -0.118. The Balaban J connectivity index is 4.03. The van der Waals surface area contributed by atoms with Crippen LogP contribution in [0.4, 0.5) is 0 Å². The highest BCUT2D eigenvalue weighted by Crippen LogP contribution is 2.08. The van der Waals surface area contributed by atoms with Crippen LogP contribution in [0.15, 0.2) is 0 Å². The molecule has 1 amide bonds. The Morgan fingerprint density at radius 3 is 2.50 bits per heavy atom. The lowest BCUT2D eigenvalue weighted by Gasteiger charge is -2.26.